The van der Waals surface area contributed by atoms with Gasteiger partial charge in [-0.2, -0.15) is 0 Å². The predicted molar refractivity (Wildman–Crippen MR) is 60.9 cm³/mol. The first-order valence-corrected chi connectivity index (χ1v) is 5.06. The maximum Gasteiger partial charge on any atom is 0.125 e. The van der Waals surface area contributed by atoms with Gasteiger partial charge in [-0.15, -0.1) is 0 Å². The van der Waals surface area contributed by atoms with E-state index in [9.17, 15) is 5.11 Å². The maximum atomic E-state index is 9.77. The SMILES string of the molecule is COCc1c(OC)ccc(OC)c1C(C)O. The molecule has 0 bridgehead atoms. The zero-order chi connectivity index (χ0) is 12.1. The Morgan fingerprint density at radius 2 is 1.69 bits per heavy atom. The topological polar surface area (TPSA) is 47.9 Å². The molecule has 0 aromatic heterocycles. The lowest BCUT2D eigenvalue weighted by atomic mass is 10.0. The lowest BCUT2D eigenvalue weighted by molar-refractivity contribution is 0.165. The molecule has 1 aromatic rings. The van der Waals surface area contributed by atoms with Gasteiger partial charge in [0.25, 0.3) is 0 Å². The quantitative estimate of drug-likeness (QED) is 0.833. The van der Waals surface area contributed by atoms with Crippen LogP contribution in [-0.2, 0) is 11.3 Å². The van der Waals surface area contributed by atoms with Crippen LogP contribution in [0.2, 0.25) is 0 Å². The van der Waals surface area contributed by atoms with Gasteiger partial charge in [0.2, 0.25) is 0 Å². The Morgan fingerprint density at radius 3 is 2.12 bits per heavy atom. The van der Waals surface area contributed by atoms with Crippen molar-refractivity contribution in [2.75, 3.05) is 21.3 Å². The second-order valence-corrected chi connectivity index (χ2v) is 3.47. The second-order valence-electron chi connectivity index (χ2n) is 3.47. The summed E-state index contributed by atoms with van der Waals surface area (Å²) < 4.78 is 15.6. The van der Waals surface area contributed by atoms with Crippen molar-refractivity contribution in [3.8, 4) is 11.5 Å². The predicted octanol–water partition coefficient (Wildman–Crippen LogP) is 1.90. The lowest BCUT2D eigenvalue weighted by Gasteiger charge is -2.18. The highest BCUT2D eigenvalue weighted by Gasteiger charge is 2.18. The van der Waals surface area contributed by atoms with Gasteiger partial charge < -0.3 is 19.3 Å². The van der Waals surface area contributed by atoms with Crippen LogP contribution in [0, 0.1) is 0 Å². The highest BCUT2D eigenvalue weighted by molar-refractivity contribution is 5.49. The van der Waals surface area contributed by atoms with Gasteiger partial charge in [0, 0.05) is 18.2 Å². The van der Waals surface area contributed by atoms with E-state index in [0.717, 1.165) is 5.56 Å². The zero-order valence-electron chi connectivity index (χ0n) is 10.1. The zero-order valence-corrected chi connectivity index (χ0v) is 10.1. The number of aliphatic hydroxyl groups excluding tert-OH is 1. The fraction of sp³-hybridized carbons (Fsp3) is 0.500. The number of rotatable bonds is 5. The third-order valence-corrected chi connectivity index (χ3v) is 2.42. The summed E-state index contributed by atoms with van der Waals surface area (Å²) in [5.74, 6) is 1.33. The molecule has 0 saturated heterocycles. The van der Waals surface area contributed by atoms with Gasteiger partial charge in [-0.25, -0.2) is 0 Å². The molecule has 0 aliphatic carbocycles. The molecule has 1 N–H and O–H groups in total. The van der Waals surface area contributed by atoms with Crippen molar-refractivity contribution < 1.29 is 19.3 Å². The Morgan fingerprint density at radius 1 is 1.12 bits per heavy atom. The van der Waals surface area contributed by atoms with Crippen LogP contribution in [0.4, 0.5) is 0 Å². The molecule has 4 nitrogen and oxygen atoms in total. The Bertz CT molecular complexity index is 347. The van der Waals surface area contributed by atoms with E-state index < -0.39 is 6.10 Å². The summed E-state index contributed by atoms with van der Waals surface area (Å²) in [5.41, 5.74) is 1.53. The average molecular weight is 226 g/mol. The Balaban J connectivity index is 3.34. The number of benzene rings is 1. The van der Waals surface area contributed by atoms with Gasteiger partial charge in [-0.3, -0.25) is 0 Å². The van der Waals surface area contributed by atoms with Gasteiger partial charge in [-0.05, 0) is 19.1 Å². The molecule has 1 atom stereocenters. The van der Waals surface area contributed by atoms with E-state index >= 15 is 0 Å². The minimum atomic E-state index is -0.629. The largest absolute Gasteiger partial charge is 0.496 e. The molecule has 0 radical (unpaired) electrons. The van der Waals surface area contributed by atoms with Gasteiger partial charge in [-0.1, -0.05) is 0 Å². The molecule has 0 saturated carbocycles. The van der Waals surface area contributed by atoms with Crippen LogP contribution in [0.1, 0.15) is 24.2 Å². The minimum Gasteiger partial charge on any atom is -0.496 e. The fourth-order valence-corrected chi connectivity index (χ4v) is 1.74. The standard InChI is InChI=1S/C12H18O4/c1-8(13)12-9(7-14-2)10(15-3)5-6-11(12)16-4/h5-6,8,13H,7H2,1-4H3. The van der Waals surface area contributed by atoms with Crippen LogP contribution in [0.15, 0.2) is 12.1 Å². The highest BCUT2D eigenvalue weighted by atomic mass is 16.5. The monoisotopic (exact) mass is 226 g/mol. The molecule has 0 spiro atoms. The summed E-state index contributed by atoms with van der Waals surface area (Å²) >= 11 is 0. The van der Waals surface area contributed by atoms with E-state index in [-0.39, 0.29) is 0 Å². The van der Waals surface area contributed by atoms with Crippen LogP contribution < -0.4 is 9.47 Å². The third-order valence-electron chi connectivity index (χ3n) is 2.42. The highest BCUT2D eigenvalue weighted by Crippen LogP contribution is 2.35. The van der Waals surface area contributed by atoms with E-state index in [1.165, 1.54) is 0 Å². The lowest BCUT2D eigenvalue weighted by Crippen LogP contribution is -2.05. The molecule has 0 amide bonds. The molecular weight excluding hydrogens is 208 g/mol. The van der Waals surface area contributed by atoms with Crippen molar-refractivity contribution >= 4 is 0 Å². The van der Waals surface area contributed by atoms with E-state index in [1.807, 2.05) is 0 Å². The van der Waals surface area contributed by atoms with Crippen molar-refractivity contribution in [1.82, 2.24) is 0 Å². The van der Waals surface area contributed by atoms with E-state index in [4.69, 9.17) is 14.2 Å². The van der Waals surface area contributed by atoms with E-state index in [0.29, 0.717) is 23.7 Å². The Hall–Kier alpha value is -1.26. The molecule has 0 aliphatic rings. The summed E-state index contributed by atoms with van der Waals surface area (Å²) in [6, 6.07) is 3.58. The average Bonchev–Trinajstić information content (AvgIpc) is 2.28. The first kappa shape index (κ1) is 12.8. The molecule has 16 heavy (non-hydrogen) atoms. The molecule has 0 fully saturated rings. The molecule has 1 rings (SSSR count). The van der Waals surface area contributed by atoms with Crippen molar-refractivity contribution in [2.24, 2.45) is 0 Å². The minimum absolute atomic E-state index is 0.376. The van der Waals surface area contributed by atoms with Crippen LogP contribution in [0.5, 0.6) is 11.5 Å². The van der Waals surface area contributed by atoms with Crippen LogP contribution in [0.3, 0.4) is 0 Å². The van der Waals surface area contributed by atoms with Crippen LogP contribution in [0.25, 0.3) is 0 Å². The van der Waals surface area contributed by atoms with Crippen molar-refractivity contribution in [3.63, 3.8) is 0 Å². The van der Waals surface area contributed by atoms with Crippen molar-refractivity contribution in [1.29, 1.82) is 0 Å². The fourth-order valence-electron chi connectivity index (χ4n) is 1.74. The number of methoxy groups -OCH3 is 3. The van der Waals surface area contributed by atoms with Gasteiger partial charge in [0.15, 0.2) is 0 Å². The van der Waals surface area contributed by atoms with E-state index in [1.54, 1.807) is 40.4 Å². The maximum absolute atomic E-state index is 9.77. The third kappa shape index (κ3) is 2.46. The number of aliphatic hydroxyl groups is 1. The molecule has 1 aromatic carbocycles. The van der Waals surface area contributed by atoms with E-state index in [2.05, 4.69) is 0 Å². The normalized spacial score (nSPS) is 12.3. The molecule has 1 unspecified atom stereocenters. The molecular formula is C12H18O4. The summed E-state index contributed by atoms with van der Waals surface area (Å²) in [5, 5.41) is 9.77. The van der Waals surface area contributed by atoms with Crippen molar-refractivity contribution in [2.45, 2.75) is 19.6 Å². The number of hydrogen-bond acceptors (Lipinski definition) is 4. The van der Waals surface area contributed by atoms with Crippen LogP contribution in [-0.4, -0.2) is 26.4 Å². The smallest absolute Gasteiger partial charge is 0.125 e. The van der Waals surface area contributed by atoms with Gasteiger partial charge >= 0.3 is 0 Å². The first-order chi connectivity index (χ1) is 7.65. The van der Waals surface area contributed by atoms with Crippen molar-refractivity contribution in [3.05, 3.63) is 23.3 Å². The summed E-state index contributed by atoms with van der Waals surface area (Å²) in [4.78, 5) is 0. The first-order valence-electron chi connectivity index (χ1n) is 5.06. The summed E-state index contributed by atoms with van der Waals surface area (Å²) in [6.45, 7) is 2.07. The summed E-state index contributed by atoms with van der Waals surface area (Å²) in [6.07, 6.45) is -0.629. The molecule has 90 valence electrons. The Labute approximate surface area is 95.8 Å². The van der Waals surface area contributed by atoms with Crippen LogP contribution >= 0.6 is 0 Å². The second kappa shape index (κ2) is 5.72. The van der Waals surface area contributed by atoms with Gasteiger partial charge in [0.05, 0.1) is 26.9 Å². The number of hydrogen-bond donors (Lipinski definition) is 1. The molecule has 0 aliphatic heterocycles. The summed E-state index contributed by atoms with van der Waals surface area (Å²) in [7, 11) is 4.77. The Kier molecular flexibility index (Phi) is 4.58. The van der Waals surface area contributed by atoms with Gasteiger partial charge in [0.1, 0.15) is 11.5 Å². The molecule has 0 heterocycles. The number of ether oxygens (including phenoxy) is 3. The molecule has 4 heteroatoms.